The van der Waals surface area contributed by atoms with Crippen molar-refractivity contribution >= 4 is 11.8 Å². The molecule has 2 saturated carbocycles. The summed E-state index contributed by atoms with van der Waals surface area (Å²) in [4.78, 5) is 30.9. The minimum Gasteiger partial charge on any atom is -0.345 e. The van der Waals surface area contributed by atoms with Crippen molar-refractivity contribution < 1.29 is 14.0 Å². The highest BCUT2D eigenvalue weighted by atomic mass is 19.1. The molecule has 0 saturated heterocycles. The monoisotopic (exact) mass is 509 g/mol. The second-order valence-electron chi connectivity index (χ2n) is 11.4. The van der Waals surface area contributed by atoms with Crippen LogP contribution in [-0.4, -0.2) is 44.8 Å². The van der Waals surface area contributed by atoms with Crippen molar-refractivity contribution in [1.82, 2.24) is 14.4 Å². The maximum Gasteiger partial charge on any atom is 0.242 e. The summed E-state index contributed by atoms with van der Waals surface area (Å²) < 4.78 is 15.5. The van der Waals surface area contributed by atoms with Gasteiger partial charge in [0, 0.05) is 36.9 Å². The molecule has 5 nitrogen and oxygen atoms in total. The van der Waals surface area contributed by atoms with Crippen LogP contribution in [0.3, 0.4) is 0 Å². The van der Waals surface area contributed by atoms with Gasteiger partial charge in [0.25, 0.3) is 0 Å². The van der Waals surface area contributed by atoms with Crippen molar-refractivity contribution in [2.45, 2.75) is 110 Å². The van der Waals surface area contributed by atoms with Gasteiger partial charge in [-0.2, -0.15) is 0 Å². The van der Waals surface area contributed by atoms with Gasteiger partial charge in [0.2, 0.25) is 11.8 Å². The van der Waals surface area contributed by atoms with E-state index >= 15 is 0 Å². The lowest BCUT2D eigenvalue weighted by atomic mass is 9.94. The molecular weight excluding hydrogens is 465 g/mol. The Morgan fingerprint density at radius 1 is 0.946 bits per heavy atom. The zero-order chi connectivity index (χ0) is 26.2. The van der Waals surface area contributed by atoms with E-state index in [1.807, 2.05) is 31.0 Å². The lowest BCUT2D eigenvalue weighted by Gasteiger charge is -2.37. The number of hydrogen-bond acceptors (Lipinski definition) is 2. The van der Waals surface area contributed by atoms with Crippen molar-refractivity contribution in [2.24, 2.45) is 5.92 Å². The van der Waals surface area contributed by atoms with E-state index in [4.69, 9.17) is 0 Å². The summed E-state index contributed by atoms with van der Waals surface area (Å²) in [5.74, 6) is 0.585. The maximum absolute atomic E-state index is 13.8. The lowest BCUT2D eigenvalue weighted by Crippen LogP contribution is -2.49. The summed E-state index contributed by atoms with van der Waals surface area (Å²) in [6, 6.07) is 10.9. The molecule has 2 fully saturated rings. The van der Waals surface area contributed by atoms with Crippen LogP contribution in [0.15, 0.2) is 42.6 Å². The van der Waals surface area contributed by atoms with Crippen LogP contribution in [0.25, 0.3) is 0 Å². The molecule has 6 heteroatoms. The summed E-state index contributed by atoms with van der Waals surface area (Å²) in [6.45, 7) is 5.34. The highest BCUT2D eigenvalue weighted by molar-refractivity contribution is 5.85. The van der Waals surface area contributed by atoms with Crippen molar-refractivity contribution in [3.63, 3.8) is 0 Å². The number of nitrogens with zero attached hydrogens (tertiary/aromatic N) is 3. The van der Waals surface area contributed by atoms with Gasteiger partial charge in [-0.3, -0.25) is 9.59 Å². The lowest BCUT2D eigenvalue weighted by molar-refractivity contribution is -0.144. The SMILES string of the molecule is CC(C)N(CC(=O)N(Cc1cccn1Cc1ccc(F)cc1)C1CCCCC1)C(=O)CCC1CCCC1. The van der Waals surface area contributed by atoms with E-state index in [9.17, 15) is 14.0 Å². The van der Waals surface area contributed by atoms with E-state index in [0.717, 1.165) is 43.4 Å². The van der Waals surface area contributed by atoms with E-state index in [1.54, 1.807) is 17.0 Å². The Morgan fingerprint density at radius 3 is 2.30 bits per heavy atom. The molecule has 0 unspecified atom stereocenters. The van der Waals surface area contributed by atoms with Gasteiger partial charge in [-0.1, -0.05) is 57.1 Å². The Morgan fingerprint density at radius 2 is 1.62 bits per heavy atom. The van der Waals surface area contributed by atoms with Crippen molar-refractivity contribution in [2.75, 3.05) is 6.54 Å². The minimum absolute atomic E-state index is 0.00410. The molecule has 1 aromatic carbocycles. The molecule has 0 N–H and O–H groups in total. The molecule has 0 bridgehead atoms. The molecule has 1 heterocycles. The standard InChI is InChI=1S/C31H44FN3O2/c1-24(2)34(30(36)19-16-25-9-6-7-10-25)23-31(37)35(28-11-4-3-5-12-28)22-29-13-8-20-33(29)21-26-14-17-27(32)18-15-26/h8,13-15,17-18,20,24-25,28H,3-7,9-12,16,19,21-23H2,1-2H3. The fourth-order valence-corrected chi connectivity index (χ4v) is 6.09. The van der Waals surface area contributed by atoms with Crippen LogP contribution in [-0.2, 0) is 22.7 Å². The van der Waals surface area contributed by atoms with E-state index in [2.05, 4.69) is 10.6 Å². The van der Waals surface area contributed by atoms with Crippen LogP contribution in [0.5, 0.6) is 0 Å². The van der Waals surface area contributed by atoms with Crippen molar-refractivity contribution in [3.05, 3.63) is 59.7 Å². The third-order valence-corrected chi connectivity index (χ3v) is 8.35. The van der Waals surface area contributed by atoms with Crippen molar-refractivity contribution in [1.29, 1.82) is 0 Å². The zero-order valence-corrected chi connectivity index (χ0v) is 22.7. The van der Waals surface area contributed by atoms with Gasteiger partial charge in [0.15, 0.2) is 0 Å². The van der Waals surface area contributed by atoms with Gasteiger partial charge < -0.3 is 14.4 Å². The van der Waals surface area contributed by atoms with Crippen LogP contribution < -0.4 is 0 Å². The summed E-state index contributed by atoms with van der Waals surface area (Å²) >= 11 is 0. The average Bonchev–Trinajstić information content (AvgIpc) is 3.58. The van der Waals surface area contributed by atoms with Gasteiger partial charge in [0.05, 0.1) is 13.1 Å². The smallest absolute Gasteiger partial charge is 0.242 e. The number of halogens is 1. The number of carbonyl (C=O) groups is 2. The first-order valence-electron chi connectivity index (χ1n) is 14.4. The van der Waals surface area contributed by atoms with E-state index in [1.165, 1.54) is 44.2 Å². The molecule has 1 aromatic heterocycles. The van der Waals surface area contributed by atoms with Gasteiger partial charge in [-0.05, 0) is 68.9 Å². The number of benzene rings is 1. The second kappa shape index (κ2) is 13.3. The Hall–Kier alpha value is -2.63. The Kier molecular flexibility index (Phi) is 9.81. The van der Waals surface area contributed by atoms with Crippen LogP contribution in [0, 0.1) is 11.7 Å². The summed E-state index contributed by atoms with van der Waals surface area (Å²) in [7, 11) is 0. The Balaban J connectivity index is 1.46. The molecule has 37 heavy (non-hydrogen) atoms. The number of amides is 2. The highest BCUT2D eigenvalue weighted by Gasteiger charge is 2.30. The first-order valence-corrected chi connectivity index (χ1v) is 14.4. The molecule has 0 spiro atoms. The first-order chi connectivity index (χ1) is 17.9. The third-order valence-electron chi connectivity index (χ3n) is 8.35. The molecule has 0 radical (unpaired) electrons. The van der Waals surface area contributed by atoms with Crippen molar-refractivity contribution in [3.8, 4) is 0 Å². The molecule has 202 valence electrons. The van der Waals surface area contributed by atoms with Crippen LogP contribution in [0.1, 0.15) is 95.7 Å². The predicted molar refractivity (Wildman–Crippen MR) is 145 cm³/mol. The molecule has 2 aliphatic rings. The zero-order valence-electron chi connectivity index (χ0n) is 22.7. The average molecular weight is 510 g/mol. The highest BCUT2D eigenvalue weighted by Crippen LogP contribution is 2.29. The van der Waals surface area contributed by atoms with Crippen LogP contribution >= 0.6 is 0 Å². The largest absolute Gasteiger partial charge is 0.345 e. The number of carbonyl (C=O) groups excluding carboxylic acids is 2. The van der Waals surface area contributed by atoms with Gasteiger partial charge in [-0.15, -0.1) is 0 Å². The molecule has 0 aliphatic heterocycles. The van der Waals surface area contributed by atoms with Crippen LogP contribution in [0.4, 0.5) is 4.39 Å². The number of aromatic nitrogens is 1. The van der Waals surface area contributed by atoms with E-state index in [-0.39, 0.29) is 36.3 Å². The quantitative estimate of drug-likeness (QED) is 0.345. The number of hydrogen-bond donors (Lipinski definition) is 0. The molecule has 2 aliphatic carbocycles. The van der Waals surface area contributed by atoms with Gasteiger partial charge >= 0.3 is 0 Å². The Bertz CT molecular complexity index is 1000. The summed E-state index contributed by atoms with van der Waals surface area (Å²) in [6.07, 6.45) is 14.1. The molecule has 0 atom stereocenters. The molecular formula is C31H44FN3O2. The molecule has 2 aromatic rings. The summed E-state index contributed by atoms with van der Waals surface area (Å²) in [5, 5.41) is 0. The van der Waals surface area contributed by atoms with E-state index < -0.39 is 0 Å². The van der Waals surface area contributed by atoms with E-state index in [0.29, 0.717) is 25.4 Å². The maximum atomic E-state index is 13.8. The third kappa shape index (κ3) is 7.68. The summed E-state index contributed by atoms with van der Waals surface area (Å²) in [5.41, 5.74) is 2.08. The fraction of sp³-hybridized carbons (Fsp3) is 0.613. The molecule has 2 amide bonds. The number of rotatable bonds is 11. The topological polar surface area (TPSA) is 45.6 Å². The normalized spacial score (nSPS) is 16.9. The minimum atomic E-state index is -0.238. The first kappa shape index (κ1) is 27.4. The van der Waals surface area contributed by atoms with Crippen LogP contribution in [0.2, 0.25) is 0 Å². The fourth-order valence-electron chi connectivity index (χ4n) is 6.09. The van der Waals surface area contributed by atoms with Gasteiger partial charge in [0.1, 0.15) is 5.82 Å². The second-order valence-corrected chi connectivity index (χ2v) is 11.4. The van der Waals surface area contributed by atoms with Gasteiger partial charge in [-0.25, -0.2) is 4.39 Å². The predicted octanol–water partition coefficient (Wildman–Crippen LogP) is 6.54. The molecule has 4 rings (SSSR count). The Labute approximate surface area is 222 Å².